The van der Waals surface area contributed by atoms with Gasteiger partial charge in [-0.3, -0.25) is 4.79 Å². The van der Waals surface area contributed by atoms with Gasteiger partial charge in [0.15, 0.2) is 0 Å². The summed E-state index contributed by atoms with van der Waals surface area (Å²) in [7, 11) is 0. The van der Waals surface area contributed by atoms with Crippen molar-refractivity contribution in [3.63, 3.8) is 0 Å². The van der Waals surface area contributed by atoms with Gasteiger partial charge >= 0.3 is 0 Å². The minimum atomic E-state index is -0.345. The third kappa shape index (κ3) is 5.27. The predicted octanol–water partition coefficient (Wildman–Crippen LogP) is 3.91. The van der Waals surface area contributed by atoms with E-state index in [1.165, 1.54) is 6.20 Å². The molecule has 0 unspecified atom stereocenters. The Kier molecular flexibility index (Phi) is 5.98. The van der Waals surface area contributed by atoms with Crippen molar-refractivity contribution >= 4 is 29.1 Å². The molecule has 0 aliphatic heterocycles. The highest BCUT2D eigenvalue weighted by Crippen LogP contribution is 2.12. The molecule has 0 saturated carbocycles. The standard InChI is InChI=1S/C20H16ClN5O/c21-16-5-1-14(2-6-16)9-11-23-20-24-12-10-18(26-20)19(27)25-17-7-3-15(13-22)4-8-17/h1-8,10,12H,9,11H2,(H,25,27)(H,23,24,26). The van der Waals surface area contributed by atoms with Gasteiger partial charge in [-0.1, -0.05) is 23.7 Å². The van der Waals surface area contributed by atoms with Crippen LogP contribution in [0.1, 0.15) is 21.6 Å². The smallest absolute Gasteiger partial charge is 0.274 e. The van der Waals surface area contributed by atoms with E-state index in [0.717, 1.165) is 12.0 Å². The topological polar surface area (TPSA) is 90.7 Å². The third-order valence-corrected chi connectivity index (χ3v) is 4.02. The van der Waals surface area contributed by atoms with Crippen molar-refractivity contribution in [3.05, 3.63) is 82.6 Å². The Hall–Kier alpha value is -3.43. The number of carbonyl (C=O) groups excluding carboxylic acids is 1. The fourth-order valence-electron chi connectivity index (χ4n) is 2.36. The third-order valence-electron chi connectivity index (χ3n) is 3.77. The highest BCUT2D eigenvalue weighted by atomic mass is 35.5. The first-order chi connectivity index (χ1) is 13.1. The van der Waals surface area contributed by atoms with Crippen LogP contribution in [0.4, 0.5) is 11.6 Å². The molecule has 27 heavy (non-hydrogen) atoms. The first kappa shape index (κ1) is 18.4. The van der Waals surface area contributed by atoms with Crippen LogP contribution in [-0.4, -0.2) is 22.4 Å². The Balaban J connectivity index is 1.58. The van der Waals surface area contributed by atoms with Crippen LogP contribution in [0, 0.1) is 11.3 Å². The number of halogens is 1. The lowest BCUT2D eigenvalue weighted by atomic mass is 10.1. The second-order valence-electron chi connectivity index (χ2n) is 5.71. The summed E-state index contributed by atoms with van der Waals surface area (Å²) in [5, 5.41) is 15.4. The number of aromatic nitrogens is 2. The molecular formula is C20H16ClN5O. The van der Waals surface area contributed by atoms with E-state index in [-0.39, 0.29) is 11.6 Å². The molecule has 0 fully saturated rings. The van der Waals surface area contributed by atoms with Crippen LogP contribution in [0.25, 0.3) is 0 Å². The van der Waals surface area contributed by atoms with Gasteiger partial charge in [0.2, 0.25) is 5.95 Å². The number of carbonyl (C=O) groups is 1. The van der Waals surface area contributed by atoms with Crippen LogP contribution >= 0.6 is 11.6 Å². The molecule has 2 aromatic carbocycles. The van der Waals surface area contributed by atoms with Gasteiger partial charge in [-0.25, -0.2) is 9.97 Å². The SMILES string of the molecule is N#Cc1ccc(NC(=O)c2ccnc(NCCc3ccc(Cl)cc3)n2)cc1. The molecule has 2 N–H and O–H groups in total. The molecule has 0 bridgehead atoms. The Morgan fingerprint density at radius 3 is 2.52 bits per heavy atom. The van der Waals surface area contributed by atoms with E-state index < -0.39 is 0 Å². The Morgan fingerprint density at radius 2 is 1.81 bits per heavy atom. The fourth-order valence-corrected chi connectivity index (χ4v) is 2.49. The summed E-state index contributed by atoms with van der Waals surface area (Å²) in [6, 6.07) is 17.8. The van der Waals surface area contributed by atoms with Crippen molar-refractivity contribution in [1.29, 1.82) is 5.26 Å². The largest absolute Gasteiger partial charge is 0.354 e. The molecule has 0 aliphatic carbocycles. The molecule has 3 aromatic rings. The summed E-state index contributed by atoms with van der Waals surface area (Å²) < 4.78 is 0. The summed E-state index contributed by atoms with van der Waals surface area (Å²) in [5.74, 6) is 0.0410. The van der Waals surface area contributed by atoms with Gasteiger partial charge < -0.3 is 10.6 Å². The number of anilines is 2. The lowest BCUT2D eigenvalue weighted by molar-refractivity contribution is 0.102. The van der Waals surface area contributed by atoms with Crippen LogP contribution in [-0.2, 0) is 6.42 Å². The zero-order valence-corrected chi connectivity index (χ0v) is 15.1. The van der Waals surface area contributed by atoms with Gasteiger partial charge in [0.25, 0.3) is 5.91 Å². The van der Waals surface area contributed by atoms with Crippen LogP contribution in [0.2, 0.25) is 5.02 Å². The number of rotatable bonds is 6. The van der Waals surface area contributed by atoms with Gasteiger partial charge in [-0.05, 0) is 54.4 Å². The first-order valence-corrected chi connectivity index (χ1v) is 8.65. The normalized spacial score (nSPS) is 10.1. The number of nitrogens with one attached hydrogen (secondary N) is 2. The van der Waals surface area contributed by atoms with Gasteiger partial charge in [-0.2, -0.15) is 5.26 Å². The monoisotopic (exact) mass is 377 g/mol. The summed E-state index contributed by atoms with van der Waals surface area (Å²) in [6.07, 6.45) is 2.31. The van der Waals surface area contributed by atoms with Crippen molar-refractivity contribution < 1.29 is 4.79 Å². The molecule has 134 valence electrons. The number of hydrogen-bond acceptors (Lipinski definition) is 5. The molecule has 1 amide bonds. The van der Waals surface area contributed by atoms with Gasteiger partial charge in [0.05, 0.1) is 11.6 Å². The van der Waals surface area contributed by atoms with E-state index in [0.29, 0.717) is 28.8 Å². The highest BCUT2D eigenvalue weighted by Gasteiger charge is 2.09. The molecule has 0 atom stereocenters. The summed E-state index contributed by atoms with van der Waals surface area (Å²) in [4.78, 5) is 20.7. The summed E-state index contributed by atoms with van der Waals surface area (Å²) in [6.45, 7) is 0.627. The van der Waals surface area contributed by atoms with E-state index in [1.54, 1.807) is 30.3 Å². The molecule has 0 saturated heterocycles. The van der Waals surface area contributed by atoms with E-state index >= 15 is 0 Å². The minimum absolute atomic E-state index is 0.253. The van der Waals surface area contributed by atoms with Crippen LogP contribution in [0.3, 0.4) is 0 Å². The van der Waals surface area contributed by atoms with Crippen molar-refractivity contribution in [2.24, 2.45) is 0 Å². The van der Waals surface area contributed by atoms with E-state index in [4.69, 9.17) is 16.9 Å². The maximum Gasteiger partial charge on any atom is 0.274 e. The first-order valence-electron chi connectivity index (χ1n) is 8.27. The Labute approximate surface area is 161 Å². The van der Waals surface area contributed by atoms with Gasteiger partial charge in [-0.15, -0.1) is 0 Å². The van der Waals surface area contributed by atoms with Crippen molar-refractivity contribution in [1.82, 2.24) is 9.97 Å². The van der Waals surface area contributed by atoms with Gasteiger partial charge in [0.1, 0.15) is 5.69 Å². The summed E-state index contributed by atoms with van der Waals surface area (Å²) in [5.41, 5.74) is 2.52. The van der Waals surface area contributed by atoms with Crippen molar-refractivity contribution in [2.45, 2.75) is 6.42 Å². The van der Waals surface area contributed by atoms with Crippen molar-refractivity contribution in [2.75, 3.05) is 17.2 Å². The molecule has 0 spiro atoms. The number of hydrogen-bond donors (Lipinski definition) is 2. The molecule has 0 radical (unpaired) electrons. The van der Waals surface area contributed by atoms with Crippen molar-refractivity contribution in [3.8, 4) is 6.07 Å². The molecule has 6 nitrogen and oxygen atoms in total. The average molecular weight is 378 g/mol. The second-order valence-corrected chi connectivity index (χ2v) is 6.15. The van der Waals surface area contributed by atoms with Gasteiger partial charge in [0, 0.05) is 23.5 Å². The average Bonchev–Trinajstić information content (AvgIpc) is 2.70. The second kappa shape index (κ2) is 8.79. The molecule has 3 rings (SSSR count). The number of nitrogens with zero attached hydrogens (tertiary/aromatic N) is 3. The number of nitriles is 1. The van der Waals surface area contributed by atoms with Crippen LogP contribution < -0.4 is 10.6 Å². The minimum Gasteiger partial charge on any atom is -0.354 e. The van der Waals surface area contributed by atoms with Crippen LogP contribution in [0.5, 0.6) is 0 Å². The molecule has 1 aromatic heterocycles. The Bertz CT molecular complexity index is 965. The fraction of sp³-hybridized carbons (Fsp3) is 0.100. The quantitative estimate of drug-likeness (QED) is 0.679. The van der Waals surface area contributed by atoms with Crippen LogP contribution in [0.15, 0.2) is 60.8 Å². The maximum atomic E-state index is 12.3. The van der Waals surface area contributed by atoms with E-state index in [9.17, 15) is 4.79 Å². The molecule has 7 heteroatoms. The Morgan fingerprint density at radius 1 is 1.07 bits per heavy atom. The number of benzene rings is 2. The molecule has 1 heterocycles. The molecule has 0 aliphatic rings. The summed E-state index contributed by atoms with van der Waals surface area (Å²) >= 11 is 5.87. The lowest BCUT2D eigenvalue weighted by Crippen LogP contribution is -2.16. The maximum absolute atomic E-state index is 12.3. The highest BCUT2D eigenvalue weighted by molar-refractivity contribution is 6.30. The van der Waals surface area contributed by atoms with E-state index in [1.807, 2.05) is 30.3 Å². The molecular weight excluding hydrogens is 362 g/mol. The number of amides is 1. The zero-order chi connectivity index (χ0) is 19.1. The lowest BCUT2D eigenvalue weighted by Gasteiger charge is -2.08. The van der Waals surface area contributed by atoms with E-state index in [2.05, 4.69) is 20.6 Å². The predicted molar refractivity (Wildman–Crippen MR) is 105 cm³/mol. The zero-order valence-electron chi connectivity index (χ0n) is 14.3.